The Morgan fingerprint density at radius 1 is 1.71 bits per heavy atom. The average molecular weight is 292 g/mol. The molecule has 0 aromatic carbocycles. The normalized spacial score (nSPS) is 18.0. The fourth-order valence-corrected chi connectivity index (χ4v) is 2.16. The van der Waals surface area contributed by atoms with Gasteiger partial charge >= 0.3 is 5.97 Å². The molecule has 1 aliphatic heterocycles. The molecule has 1 atom stereocenters. The van der Waals surface area contributed by atoms with Gasteiger partial charge in [0.15, 0.2) is 0 Å². The summed E-state index contributed by atoms with van der Waals surface area (Å²) in [5.74, 6) is -0.742. The molecule has 0 radical (unpaired) electrons. The number of morpholine rings is 1. The lowest BCUT2D eigenvalue weighted by Gasteiger charge is -2.36. The van der Waals surface area contributed by atoms with E-state index in [1.54, 1.807) is 4.90 Å². The number of aliphatic carboxylic acids is 1. The van der Waals surface area contributed by atoms with E-state index in [2.05, 4.69) is 4.98 Å². The van der Waals surface area contributed by atoms with Crippen LogP contribution in [0.3, 0.4) is 0 Å². The first kappa shape index (κ1) is 14.7. The molecule has 0 spiro atoms. The molecule has 0 saturated carbocycles. The molecule has 1 aliphatic rings. The van der Waals surface area contributed by atoms with Crippen LogP contribution in [0.5, 0.6) is 0 Å². The fourth-order valence-electron chi connectivity index (χ4n) is 2.16. The number of carbonyl (C=O) groups is 1. The predicted molar refractivity (Wildman–Crippen MR) is 69.8 cm³/mol. The Labute approximate surface area is 119 Å². The first-order chi connectivity index (χ1) is 10.0. The number of hydrogen-bond donors (Lipinski definition) is 1. The second-order valence-electron chi connectivity index (χ2n) is 4.45. The van der Waals surface area contributed by atoms with Gasteiger partial charge in [-0.05, 0) is 0 Å². The standard InChI is InChI=1S/C12H12N4O5/c13-5-8-3-9(16(19)20)6-14-12(8)15-1-2-21-7-10(15)4-11(17)18/h3,6,10H,1-2,4,7H2,(H,17,18). The third-order valence-electron chi connectivity index (χ3n) is 3.09. The van der Waals surface area contributed by atoms with Crippen molar-refractivity contribution in [1.82, 2.24) is 4.98 Å². The number of hydrogen-bond acceptors (Lipinski definition) is 7. The van der Waals surface area contributed by atoms with Crippen LogP contribution >= 0.6 is 0 Å². The van der Waals surface area contributed by atoms with E-state index in [1.165, 1.54) is 0 Å². The van der Waals surface area contributed by atoms with Crippen LogP contribution in [0, 0.1) is 21.4 Å². The molecule has 1 aromatic rings. The number of ether oxygens (including phenoxy) is 1. The summed E-state index contributed by atoms with van der Waals surface area (Å²) in [6, 6.07) is 2.54. The zero-order chi connectivity index (χ0) is 15.4. The first-order valence-corrected chi connectivity index (χ1v) is 6.13. The lowest BCUT2D eigenvalue weighted by Crippen LogP contribution is -2.47. The van der Waals surface area contributed by atoms with Crippen LogP contribution in [0.4, 0.5) is 11.5 Å². The molecule has 2 heterocycles. The van der Waals surface area contributed by atoms with Gasteiger partial charge in [-0.15, -0.1) is 0 Å². The van der Waals surface area contributed by atoms with Crippen LogP contribution in [-0.4, -0.2) is 46.8 Å². The molecule has 0 amide bonds. The van der Waals surface area contributed by atoms with Crippen LogP contribution < -0.4 is 4.90 Å². The summed E-state index contributed by atoms with van der Waals surface area (Å²) in [5.41, 5.74) is -0.236. The highest BCUT2D eigenvalue weighted by Gasteiger charge is 2.29. The van der Waals surface area contributed by atoms with E-state index in [-0.39, 0.29) is 30.1 Å². The number of carboxylic acid groups (broad SMARTS) is 1. The molecule has 2 rings (SSSR count). The largest absolute Gasteiger partial charge is 0.481 e. The zero-order valence-electron chi connectivity index (χ0n) is 10.9. The number of rotatable bonds is 4. The summed E-state index contributed by atoms with van der Waals surface area (Å²) < 4.78 is 5.25. The molecule has 1 unspecified atom stereocenters. The Morgan fingerprint density at radius 2 is 2.48 bits per heavy atom. The summed E-state index contributed by atoms with van der Waals surface area (Å²) in [6.07, 6.45) is 0.896. The molecule has 1 aromatic heterocycles. The Kier molecular flexibility index (Phi) is 4.30. The highest BCUT2D eigenvalue weighted by atomic mass is 16.6. The van der Waals surface area contributed by atoms with Crippen molar-refractivity contribution < 1.29 is 19.6 Å². The lowest BCUT2D eigenvalue weighted by molar-refractivity contribution is -0.385. The predicted octanol–water partition coefficient (Wildman–Crippen LogP) is 0.541. The Hall–Kier alpha value is -2.73. The minimum absolute atomic E-state index is 0.0430. The topological polar surface area (TPSA) is 130 Å². The first-order valence-electron chi connectivity index (χ1n) is 6.13. The van der Waals surface area contributed by atoms with Crippen molar-refractivity contribution in [3.05, 3.63) is 27.9 Å². The van der Waals surface area contributed by atoms with E-state index >= 15 is 0 Å². The SMILES string of the molecule is N#Cc1cc([N+](=O)[O-])cnc1N1CCOCC1CC(=O)O. The number of nitrogens with zero attached hydrogens (tertiary/aromatic N) is 4. The van der Waals surface area contributed by atoms with Crippen molar-refractivity contribution in [3.8, 4) is 6.07 Å². The highest BCUT2D eigenvalue weighted by molar-refractivity contribution is 5.69. The molecule has 0 bridgehead atoms. The minimum atomic E-state index is -0.990. The molecule has 110 valence electrons. The summed E-state index contributed by atoms with van der Waals surface area (Å²) in [5, 5.41) is 28.8. The number of nitriles is 1. The van der Waals surface area contributed by atoms with Gasteiger partial charge in [-0.3, -0.25) is 14.9 Å². The molecular weight excluding hydrogens is 280 g/mol. The summed E-state index contributed by atoms with van der Waals surface area (Å²) in [4.78, 5) is 26.6. The number of pyridine rings is 1. The van der Waals surface area contributed by atoms with Crippen LogP contribution in [0.1, 0.15) is 12.0 Å². The second-order valence-corrected chi connectivity index (χ2v) is 4.45. The zero-order valence-corrected chi connectivity index (χ0v) is 10.9. The lowest BCUT2D eigenvalue weighted by atomic mass is 10.1. The number of carboxylic acids is 1. The van der Waals surface area contributed by atoms with Crippen molar-refractivity contribution >= 4 is 17.5 Å². The van der Waals surface area contributed by atoms with Gasteiger partial charge in [-0.2, -0.15) is 5.26 Å². The van der Waals surface area contributed by atoms with Gasteiger partial charge in [0.05, 0.1) is 30.6 Å². The van der Waals surface area contributed by atoms with E-state index in [1.807, 2.05) is 6.07 Å². The van der Waals surface area contributed by atoms with Crippen LogP contribution in [0.2, 0.25) is 0 Å². The minimum Gasteiger partial charge on any atom is -0.481 e. The van der Waals surface area contributed by atoms with Gasteiger partial charge in [-0.25, -0.2) is 4.98 Å². The van der Waals surface area contributed by atoms with Crippen LogP contribution in [-0.2, 0) is 9.53 Å². The number of aromatic nitrogens is 1. The Bertz CT molecular complexity index is 612. The average Bonchev–Trinajstić information content (AvgIpc) is 2.46. The van der Waals surface area contributed by atoms with Gasteiger partial charge in [0, 0.05) is 12.6 Å². The van der Waals surface area contributed by atoms with Crippen LogP contribution in [0.15, 0.2) is 12.3 Å². The van der Waals surface area contributed by atoms with E-state index in [0.717, 1.165) is 12.3 Å². The maximum Gasteiger partial charge on any atom is 0.305 e. The van der Waals surface area contributed by atoms with E-state index in [9.17, 15) is 14.9 Å². The second kappa shape index (κ2) is 6.15. The highest BCUT2D eigenvalue weighted by Crippen LogP contribution is 2.25. The fraction of sp³-hybridized carbons (Fsp3) is 0.417. The molecule has 0 aliphatic carbocycles. The number of nitro groups is 1. The van der Waals surface area contributed by atoms with Gasteiger partial charge < -0.3 is 14.7 Å². The molecule has 21 heavy (non-hydrogen) atoms. The molecule has 1 saturated heterocycles. The summed E-state index contributed by atoms with van der Waals surface area (Å²) >= 11 is 0. The maximum absolute atomic E-state index is 10.9. The van der Waals surface area contributed by atoms with Gasteiger partial charge in [-0.1, -0.05) is 0 Å². The molecular formula is C12H12N4O5. The number of anilines is 1. The van der Waals surface area contributed by atoms with E-state index in [4.69, 9.17) is 15.1 Å². The monoisotopic (exact) mass is 292 g/mol. The summed E-state index contributed by atoms with van der Waals surface area (Å²) in [6.45, 7) is 0.951. The summed E-state index contributed by atoms with van der Waals surface area (Å²) in [7, 11) is 0. The molecule has 1 N–H and O–H groups in total. The van der Waals surface area contributed by atoms with Crippen LogP contribution in [0.25, 0.3) is 0 Å². The maximum atomic E-state index is 10.9. The smallest absolute Gasteiger partial charge is 0.305 e. The van der Waals surface area contributed by atoms with Crippen molar-refractivity contribution in [1.29, 1.82) is 5.26 Å². The third kappa shape index (κ3) is 3.24. The third-order valence-corrected chi connectivity index (χ3v) is 3.09. The van der Waals surface area contributed by atoms with Gasteiger partial charge in [0.1, 0.15) is 23.6 Å². The Morgan fingerprint density at radius 3 is 3.10 bits per heavy atom. The molecule has 9 heteroatoms. The van der Waals surface area contributed by atoms with Gasteiger partial charge in [0.25, 0.3) is 5.69 Å². The quantitative estimate of drug-likeness (QED) is 0.628. The van der Waals surface area contributed by atoms with Crippen molar-refractivity contribution in [2.45, 2.75) is 12.5 Å². The van der Waals surface area contributed by atoms with Crippen molar-refractivity contribution in [2.75, 3.05) is 24.7 Å². The molecule has 9 nitrogen and oxygen atoms in total. The Balaban J connectivity index is 2.36. The van der Waals surface area contributed by atoms with Gasteiger partial charge in [0.2, 0.25) is 0 Å². The van der Waals surface area contributed by atoms with E-state index in [0.29, 0.717) is 13.2 Å². The van der Waals surface area contributed by atoms with Crippen molar-refractivity contribution in [3.63, 3.8) is 0 Å². The van der Waals surface area contributed by atoms with Crippen molar-refractivity contribution in [2.24, 2.45) is 0 Å². The molecule has 1 fully saturated rings. The van der Waals surface area contributed by atoms with E-state index < -0.39 is 16.9 Å².